The van der Waals surface area contributed by atoms with Crippen LogP contribution in [-0.2, 0) is 0 Å². The highest BCUT2D eigenvalue weighted by atomic mass is 16.5. The largest absolute Gasteiger partial charge is 0.489 e. The zero-order chi connectivity index (χ0) is 18.9. The van der Waals surface area contributed by atoms with Gasteiger partial charge in [0.25, 0.3) is 0 Å². The van der Waals surface area contributed by atoms with Gasteiger partial charge in [0.05, 0.1) is 13.2 Å². The van der Waals surface area contributed by atoms with E-state index in [1.165, 1.54) is 0 Å². The number of hydrogen-bond acceptors (Lipinski definition) is 3. The molecule has 0 aliphatic heterocycles. The van der Waals surface area contributed by atoms with Crippen molar-refractivity contribution >= 4 is 10.8 Å². The van der Waals surface area contributed by atoms with Gasteiger partial charge in [-0.1, -0.05) is 69.2 Å². The fraction of sp³-hybridized carbons (Fsp3) is 0.333. The molecular weight excluding hydrogens is 336 g/mol. The molecule has 0 amide bonds. The first-order valence-electron chi connectivity index (χ1n) is 9.87. The molecule has 0 aliphatic rings. The number of fused-ring (bicyclic) bond motifs is 1. The van der Waals surface area contributed by atoms with Crippen LogP contribution < -0.4 is 14.2 Å². The summed E-state index contributed by atoms with van der Waals surface area (Å²) >= 11 is 0. The van der Waals surface area contributed by atoms with E-state index in [2.05, 4.69) is 26.0 Å². The van der Waals surface area contributed by atoms with Crippen LogP contribution in [0, 0.1) is 0 Å². The minimum absolute atomic E-state index is 0.643. The lowest BCUT2D eigenvalue weighted by molar-refractivity contribution is 0.256. The lowest BCUT2D eigenvalue weighted by Crippen LogP contribution is -2.04. The van der Waals surface area contributed by atoms with Crippen LogP contribution in [0.15, 0.2) is 60.7 Å². The van der Waals surface area contributed by atoms with Crippen molar-refractivity contribution in [3.8, 4) is 23.0 Å². The molecule has 3 aromatic rings. The lowest BCUT2D eigenvalue weighted by Gasteiger charge is -2.19. The number of rotatable bonds is 10. The molecule has 0 radical (unpaired) electrons. The molecule has 3 rings (SSSR count). The summed E-state index contributed by atoms with van der Waals surface area (Å²) in [6.07, 6.45) is 4.16. The molecule has 3 heteroatoms. The summed E-state index contributed by atoms with van der Waals surface area (Å²) in [6, 6.07) is 20.1. The first-order valence-corrected chi connectivity index (χ1v) is 9.87. The number of hydrogen-bond donors (Lipinski definition) is 0. The number of para-hydroxylation sites is 1. The van der Waals surface area contributed by atoms with E-state index in [4.69, 9.17) is 14.2 Å². The molecule has 0 aromatic heterocycles. The second kappa shape index (κ2) is 9.86. The Morgan fingerprint density at radius 1 is 0.704 bits per heavy atom. The third-order valence-corrected chi connectivity index (χ3v) is 4.38. The molecule has 0 aliphatic carbocycles. The standard InChI is InChI=1S/C24H28O3/c1-3-5-16-25-23-21-15-11-10-12-19(21)18-22(24(23)26-17-6-4-2)27-20-13-8-7-9-14-20/h7-15,18H,3-6,16-17H2,1-2H3. The predicted molar refractivity (Wildman–Crippen MR) is 111 cm³/mol. The highest BCUT2D eigenvalue weighted by Crippen LogP contribution is 2.45. The quantitative estimate of drug-likeness (QED) is 0.363. The fourth-order valence-corrected chi connectivity index (χ4v) is 2.88. The molecule has 0 spiro atoms. The van der Waals surface area contributed by atoms with Gasteiger partial charge in [0.1, 0.15) is 5.75 Å². The second-order valence-corrected chi connectivity index (χ2v) is 6.57. The number of ether oxygens (including phenoxy) is 3. The SMILES string of the molecule is CCCCOc1c(Oc2ccccc2)cc2ccccc2c1OCCCC. The van der Waals surface area contributed by atoms with E-state index < -0.39 is 0 Å². The summed E-state index contributed by atoms with van der Waals surface area (Å²) in [6.45, 7) is 5.63. The van der Waals surface area contributed by atoms with Crippen LogP contribution in [0.2, 0.25) is 0 Å². The smallest absolute Gasteiger partial charge is 0.204 e. The van der Waals surface area contributed by atoms with Crippen molar-refractivity contribution in [1.29, 1.82) is 0 Å². The normalized spacial score (nSPS) is 10.7. The molecule has 0 saturated heterocycles. The molecular formula is C24H28O3. The summed E-state index contributed by atoms with van der Waals surface area (Å²) < 4.78 is 18.6. The van der Waals surface area contributed by atoms with E-state index in [0.717, 1.165) is 48.0 Å². The Kier molecular flexibility index (Phi) is 6.97. The van der Waals surface area contributed by atoms with Crippen LogP contribution >= 0.6 is 0 Å². The molecule has 142 valence electrons. The lowest BCUT2D eigenvalue weighted by atomic mass is 10.1. The number of unbranched alkanes of at least 4 members (excludes halogenated alkanes) is 2. The topological polar surface area (TPSA) is 27.7 Å². The summed E-state index contributed by atoms with van der Waals surface area (Å²) in [5.74, 6) is 2.96. The van der Waals surface area contributed by atoms with E-state index >= 15 is 0 Å². The van der Waals surface area contributed by atoms with E-state index in [1.807, 2.05) is 48.5 Å². The van der Waals surface area contributed by atoms with Crippen molar-refractivity contribution in [2.24, 2.45) is 0 Å². The Morgan fingerprint density at radius 2 is 1.33 bits per heavy atom. The van der Waals surface area contributed by atoms with Crippen molar-refractivity contribution < 1.29 is 14.2 Å². The summed E-state index contributed by atoms with van der Waals surface area (Å²) in [5.41, 5.74) is 0. The molecule has 0 heterocycles. The van der Waals surface area contributed by atoms with Crippen molar-refractivity contribution in [3.05, 3.63) is 60.7 Å². The average Bonchev–Trinajstić information content (AvgIpc) is 2.70. The molecule has 0 unspecified atom stereocenters. The van der Waals surface area contributed by atoms with Crippen LogP contribution in [0.5, 0.6) is 23.0 Å². The molecule has 0 atom stereocenters. The molecule has 0 bridgehead atoms. The molecule has 0 saturated carbocycles. The van der Waals surface area contributed by atoms with Crippen molar-refractivity contribution in [3.63, 3.8) is 0 Å². The Bertz CT molecular complexity index is 843. The van der Waals surface area contributed by atoms with Crippen molar-refractivity contribution in [1.82, 2.24) is 0 Å². The van der Waals surface area contributed by atoms with Crippen LogP contribution in [-0.4, -0.2) is 13.2 Å². The highest BCUT2D eigenvalue weighted by Gasteiger charge is 2.18. The summed E-state index contributed by atoms with van der Waals surface area (Å²) in [7, 11) is 0. The Balaban J connectivity index is 2.05. The summed E-state index contributed by atoms with van der Waals surface area (Å²) in [4.78, 5) is 0. The van der Waals surface area contributed by atoms with Gasteiger partial charge in [0.15, 0.2) is 11.5 Å². The Hall–Kier alpha value is -2.68. The molecule has 27 heavy (non-hydrogen) atoms. The maximum absolute atomic E-state index is 6.19. The van der Waals surface area contributed by atoms with Gasteiger partial charge in [0.2, 0.25) is 5.75 Å². The highest BCUT2D eigenvalue weighted by molar-refractivity contribution is 5.93. The minimum atomic E-state index is 0.643. The van der Waals surface area contributed by atoms with E-state index in [0.29, 0.717) is 24.7 Å². The maximum Gasteiger partial charge on any atom is 0.204 e. The van der Waals surface area contributed by atoms with Gasteiger partial charge in [-0.3, -0.25) is 0 Å². The maximum atomic E-state index is 6.19. The molecule has 3 nitrogen and oxygen atoms in total. The van der Waals surface area contributed by atoms with Gasteiger partial charge in [-0.2, -0.15) is 0 Å². The zero-order valence-corrected chi connectivity index (χ0v) is 16.2. The van der Waals surface area contributed by atoms with Crippen molar-refractivity contribution in [2.75, 3.05) is 13.2 Å². The van der Waals surface area contributed by atoms with Crippen LogP contribution in [0.4, 0.5) is 0 Å². The van der Waals surface area contributed by atoms with Crippen molar-refractivity contribution in [2.45, 2.75) is 39.5 Å². The van der Waals surface area contributed by atoms with Gasteiger partial charge in [0, 0.05) is 5.39 Å². The van der Waals surface area contributed by atoms with Gasteiger partial charge >= 0.3 is 0 Å². The first kappa shape index (κ1) is 19.1. The number of benzene rings is 3. The van der Waals surface area contributed by atoms with Crippen LogP contribution in [0.3, 0.4) is 0 Å². The van der Waals surface area contributed by atoms with E-state index in [1.54, 1.807) is 0 Å². The van der Waals surface area contributed by atoms with Gasteiger partial charge < -0.3 is 14.2 Å². The molecule has 3 aromatic carbocycles. The van der Waals surface area contributed by atoms with E-state index in [-0.39, 0.29) is 0 Å². The zero-order valence-electron chi connectivity index (χ0n) is 16.2. The average molecular weight is 364 g/mol. The third-order valence-electron chi connectivity index (χ3n) is 4.38. The third kappa shape index (κ3) is 4.94. The fourth-order valence-electron chi connectivity index (χ4n) is 2.88. The first-order chi connectivity index (χ1) is 13.3. The summed E-state index contributed by atoms with van der Waals surface area (Å²) in [5, 5.41) is 2.14. The predicted octanol–water partition coefficient (Wildman–Crippen LogP) is 6.99. The van der Waals surface area contributed by atoms with Gasteiger partial charge in [-0.05, 0) is 36.4 Å². The second-order valence-electron chi connectivity index (χ2n) is 6.57. The minimum Gasteiger partial charge on any atom is -0.489 e. The van der Waals surface area contributed by atoms with Crippen LogP contribution in [0.1, 0.15) is 39.5 Å². The van der Waals surface area contributed by atoms with Gasteiger partial charge in [-0.25, -0.2) is 0 Å². The Labute approximate surface area is 161 Å². The molecule has 0 N–H and O–H groups in total. The monoisotopic (exact) mass is 364 g/mol. The van der Waals surface area contributed by atoms with Gasteiger partial charge in [-0.15, -0.1) is 0 Å². The van der Waals surface area contributed by atoms with Crippen LogP contribution in [0.25, 0.3) is 10.8 Å². The Morgan fingerprint density at radius 3 is 2.04 bits per heavy atom. The van der Waals surface area contributed by atoms with E-state index in [9.17, 15) is 0 Å². The molecule has 0 fully saturated rings.